The number of benzene rings is 1. The largest absolute Gasteiger partial charge is 1.00 e. The first-order valence-electron chi connectivity index (χ1n) is 7.31. The van der Waals surface area contributed by atoms with Crippen molar-refractivity contribution in [3.63, 3.8) is 0 Å². The zero-order chi connectivity index (χ0) is 16.8. The molecule has 120 valence electrons. The minimum atomic E-state index is -1.18. The minimum absolute atomic E-state index is 0. The van der Waals surface area contributed by atoms with Gasteiger partial charge in [0.2, 0.25) is 5.91 Å². The van der Waals surface area contributed by atoms with E-state index in [0.717, 1.165) is 5.39 Å². The van der Waals surface area contributed by atoms with E-state index < -0.39 is 23.2 Å². The maximum Gasteiger partial charge on any atom is 1.00 e. The van der Waals surface area contributed by atoms with Crippen molar-refractivity contribution in [2.45, 2.75) is 13.8 Å². The fourth-order valence-corrected chi connectivity index (χ4v) is 3.20. The van der Waals surface area contributed by atoms with Gasteiger partial charge < -0.3 is 20.0 Å². The van der Waals surface area contributed by atoms with Gasteiger partial charge in [-0.15, -0.1) is 0 Å². The molecule has 0 aliphatic heterocycles. The van der Waals surface area contributed by atoms with E-state index >= 15 is 0 Å². The summed E-state index contributed by atoms with van der Waals surface area (Å²) in [4.78, 5) is 27.8. The van der Waals surface area contributed by atoms with Crippen LogP contribution in [0.5, 0.6) is 5.75 Å². The van der Waals surface area contributed by atoms with Crippen molar-refractivity contribution in [2.24, 2.45) is 17.3 Å². The molecule has 1 amide bonds. The molecule has 2 unspecified atom stereocenters. The van der Waals surface area contributed by atoms with Crippen LogP contribution in [0.1, 0.15) is 13.8 Å². The number of carboxylic acid groups (broad SMARTS) is 1. The number of carbonyl (C=O) groups excluding carboxylic acids is 2. The van der Waals surface area contributed by atoms with E-state index in [4.69, 9.17) is 4.74 Å². The van der Waals surface area contributed by atoms with E-state index in [0.29, 0.717) is 17.0 Å². The number of aromatic nitrogens is 1. The summed E-state index contributed by atoms with van der Waals surface area (Å²) in [6.07, 6.45) is 1.65. The van der Waals surface area contributed by atoms with E-state index in [-0.39, 0.29) is 35.5 Å². The van der Waals surface area contributed by atoms with Crippen LogP contribution in [0.2, 0.25) is 0 Å². The van der Waals surface area contributed by atoms with Gasteiger partial charge in [-0.3, -0.25) is 9.78 Å². The summed E-state index contributed by atoms with van der Waals surface area (Å²) in [6.45, 7) is 3.51. The zero-order valence-electron chi connectivity index (χ0n) is 14.1. The molecule has 1 aliphatic carbocycles. The predicted molar refractivity (Wildman–Crippen MR) is 82.7 cm³/mol. The molecule has 24 heavy (non-hydrogen) atoms. The van der Waals surface area contributed by atoms with Gasteiger partial charge in [-0.2, -0.15) is 0 Å². The Labute approximate surface area is 161 Å². The van der Waals surface area contributed by atoms with E-state index in [9.17, 15) is 14.7 Å². The smallest absolute Gasteiger partial charge is 0.550 e. The summed E-state index contributed by atoms with van der Waals surface area (Å²) < 4.78 is 5.27. The molecule has 3 rings (SSSR count). The van der Waals surface area contributed by atoms with Crippen LogP contribution in [-0.2, 0) is 9.59 Å². The first kappa shape index (κ1) is 18.7. The summed E-state index contributed by atoms with van der Waals surface area (Å²) in [5, 5.41) is 14.7. The fraction of sp³-hybridized carbons (Fsp3) is 0.353. The summed E-state index contributed by atoms with van der Waals surface area (Å²) in [6, 6.07) is 7.04. The number of methoxy groups -OCH3 is 1. The number of pyridine rings is 1. The Morgan fingerprint density at radius 3 is 2.54 bits per heavy atom. The number of hydrogen-bond donors (Lipinski definition) is 1. The molecule has 0 bridgehead atoms. The number of nitrogens with one attached hydrogen (secondary N) is 1. The average molecular weight is 336 g/mol. The molecule has 1 fully saturated rings. The van der Waals surface area contributed by atoms with Crippen LogP contribution in [0.4, 0.5) is 5.69 Å². The molecule has 1 aromatic heterocycles. The van der Waals surface area contributed by atoms with Crippen molar-refractivity contribution in [1.29, 1.82) is 0 Å². The van der Waals surface area contributed by atoms with Crippen LogP contribution in [0, 0.1) is 17.3 Å². The van der Waals surface area contributed by atoms with Crippen molar-refractivity contribution in [2.75, 3.05) is 12.4 Å². The van der Waals surface area contributed by atoms with Crippen LogP contribution in [-0.4, -0.2) is 24.0 Å². The number of fused-ring (bicyclic) bond motifs is 1. The first-order chi connectivity index (χ1) is 10.9. The number of hydrogen-bond acceptors (Lipinski definition) is 5. The van der Waals surface area contributed by atoms with Crippen molar-refractivity contribution in [3.8, 4) is 5.75 Å². The molecular weight excluding hydrogens is 319 g/mol. The van der Waals surface area contributed by atoms with Gasteiger partial charge in [0.05, 0.1) is 18.7 Å². The molecule has 1 saturated carbocycles. The summed E-state index contributed by atoms with van der Waals surface area (Å²) >= 11 is 0. The van der Waals surface area contributed by atoms with Crippen molar-refractivity contribution in [1.82, 2.24) is 4.98 Å². The van der Waals surface area contributed by atoms with Gasteiger partial charge in [0.1, 0.15) is 11.3 Å². The quantitative estimate of drug-likeness (QED) is 0.666. The molecule has 2 aromatic rings. The maximum absolute atomic E-state index is 12.4. The second-order valence-electron chi connectivity index (χ2n) is 6.30. The van der Waals surface area contributed by atoms with Crippen LogP contribution >= 0.6 is 0 Å². The molecule has 1 heterocycles. The van der Waals surface area contributed by atoms with Crippen molar-refractivity contribution in [3.05, 3.63) is 30.5 Å². The Bertz CT molecular complexity index is 806. The van der Waals surface area contributed by atoms with E-state index in [1.54, 1.807) is 45.4 Å². The maximum atomic E-state index is 12.4. The Balaban J connectivity index is 0.00000208. The number of nitrogens with zero attached hydrogens (tertiary/aromatic N) is 1. The normalized spacial score (nSPS) is 20.8. The average Bonchev–Trinajstić information content (AvgIpc) is 3.10. The standard InChI is InChI=1S/C17H18N2O4.Na/c1-17(2)12(13(17)16(21)22)15(20)19-10-6-7-11(23-3)14-9(10)5-4-8-18-14;/h4-8,12-13H,1-3H3,(H,19,20)(H,21,22);/q;+1/p-1. The third kappa shape index (κ3) is 3.01. The molecule has 1 aromatic carbocycles. The van der Waals surface area contributed by atoms with Gasteiger partial charge in [0, 0.05) is 23.5 Å². The Hall–Kier alpha value is -1.63. The van der Waals surface area contributed by atoms with Gasteiger partial charge in [0.15, 0.2) is 0 Å². The number of aliphatic carboxylic acids is 1. The zero-order valence-corrected chi connectivity index (χ0v) is 16.1. The molecule has 0 spiro atoms. The number of rotatable bonds is 4. The van der Waals surface area contributed by atoms with Crippen LogP contribution in [0.3, 0.4) is 0 Å². The monoisotopic (exact) mass is 336 g/mol. The predicted octanol–water partition coefficient (Wildman–Crippen LogP) is -1.79. The molecule has 7 heteroatoms. The van der Waals surface area contributed by atoms with Crippen LogP contribution in [0.25, 0.3) is 10.9 Å². The SMILES string of the molecule is COc1ccc(NC(=O)C2C(C(=O)[O-])C2(C)C)c2cccnc12.[Na+]. The number of amides is 1. The fourth-order valence-electron chi connectivity index (χ4n) is 3.20. The molecule has 1 aliphatic rings. The molecule has 6 nitrogen and oxygen atoms in total. The number of carboxylic acids is 1. The molecule has 2 atom stereocenters. The second-order valence-corrected chi connectivity index (χ2v) is 6.30. The molecule has 0 saturated heterocycles. The number of ether oxygens (including phenoxy) is 1. The number of carbonyl (C=O) groups is 2. The Kier molecular flexibility index (Phi) is 5.22. The summed E-state index contributed by atoms with van der Waals surface area (Å²) in [7, 11) is 1.55. The van der Waals surface area contributed by atoms with Crippen molar-refractivity contribution < 1.29 is 49.0 Å². The molecule has 1 N–H and O–H groups in total. The van der Waals surface area contributed by atoms with Gasteiger partial charge in [-0.05, 0) is 29.7 Å². The minimum Gasteiger partial charge on any atom is -0.550 e. The summed E-state index contributed by atoms with van der Waals surface area (Å²) in [5.41, 5.74) is 0.627. The second kappa shape index (κ2) is 6.70. The molecule has 0 radical (unpaired) electrons. The molecular formula is C17H17N2NaO4. The van der Waals surface area contributed by atoms with Gasteiger partial charge in [-0.1, -0.05) is 13.8 Å². The Morgan fingerprint density at radius 2 is 1.96 bits per heavy atom. The van der Waals surface area contributed by atoms with E-state index in [1.165, 1.54) is 0 Å². The summed E-state index contributed by atoms with van der Waals surface area (Å²) in [5.74, 6) is -2.25. The first-order valence-corrected chi connectivity index (χ1v) is 7.31. The topological polar surface area (TPSA) is 91.3 Å². The van der Waals surface area contributed by atoms with Gasteiger partial charge in [-0.25, -0.2) is 0 Å². The van der Waals surface area contributed by atoms with E-state index in [2.05, 4.69) is 10.3 Å². The third-order valence-electron chi connectivity index (χ3n) is 4.57. The van der Waals surface area contributed by atoms with Gasteiger partial charge >= 0.3 is 29.6 Å². The van der Waals surface area contributed by atoms with Crippen molar-refractivity contribution >= 4 is 28.5 Å². The van der Waals surface area contributed by atoms with Gasteiger partial charge in [0.25, 0.3) is 0 Å². The third-order valence-corrected chi connectivity index (χ3v) is 4.57. The van der Waals surface area contributed by atoms with Crippen LogP contribution < -0.4 is 44.7 Å². The van der Waals surface area contributed by atoms with Crippen LogP contribution in [0.15, 0.2) is 30.5 Å². The number of anilines is 1. The van der Waals surface area contributed by atoms with E-state index in [1.807, 2.05) is 6.07 Å². The Morgan fingerprint density at radius 1 is 1.25 bits per heavy atom.